The summed E-state index contributed by atoms with van der Waals surface area (Å²) in [5.74, 6) is 0. The molecule has 0 aliphatic carbocycles. The minimum absolute atomic E-state index is 0.235. The monoisotopic (exact) mass is 517 g/mol. The minimum atomic E-state index is -0.968. The Morgan fingerprint density at radius 2 is 0.971 bits per heavy atom. The fourth-order valence-corrected chi connectivity index (χ4v) is 5.94. The molecule has 0 aromatic heterocycles. The molecule has 3 N–H and O–H groups in total. The first kappa shape index (κ1) is 35.0. The molecule has 6 heteroatoms. The molecule has 0 aliphatic rings. The molecule has 35 heavy (non-hydrogen) atoms. The molecule has 0 amide bonds. The van der Waals surface area contributed by atoms with Crippen LogP contribution in [0.5, 0.6) is 0 Å². The summed E-state index contributed by atoms with van der Waals surface area (Å²) in [6.07, 6.45) is 23.8. The lowest BCUT2D eigenvalue weighted by atomic mass is 9.93. The summed E-state index contributed by atoms with van der Waals surface area (Å²) in [7, 11) is 3.70. The van der Waals surface area contributed by atoms with Gasteiger partial charge in [0, 0.05) is 6.61 Å². The lowest BCUT2D eigenvalue weighted by Crippen LogP contribution is -2.42. The molecule has 0 unspecified atom stereocenters. The average molecular weight is 518 g/mol. The normalized spacial score (nSPS) is 12.7. The quantitative estimate of drug-likeness (QED) is 0.0678. The molecule has 0 aromatic rings. The van der Waals surface area contributed by atoms with Gasteiger partial charge in [-0.2, -0.15) is 0 Å². The molecule has 0 spiro atoms. The first-order valence-electron chi connectivity index (χ1n) is 14.9. The van der Waals surface area contributed by atoms with E-state index in [9.17, 15) is 15.3 Å². The van der Waals surface area contributed by atoms with Gasteiger partial charge in [0.1, 0.15) is 0 Å². The van der Waals surface area contributed by atoms with Gasteiger partial charge in [-0.15, -0.1) is 0 Å². The summed E-state index contributed by atoms with van der Waals surface area (Å²) in [6, 6.07) is 1.06. The molecule has 0 rings (SSSR count). The van der Waals surface area contributed by atoms with Crippen molar-refractivity contribution in [3.05, 3.63) is 0 Å². The van der Waals surface area contributed by atoms with Crippen LogP contribution < -0.4 is 0 Å². The Hall–Kier alpha value is 0.0169. The van der Waals surface area contributed by atoms with Crippen molar-refractivity contribution in [2.24, 2.45) is 5.41 Å². The number of hydrogen-bond donors (Lipinski definition) is 3. The largest absolute Gasteiger partial charge is 0.416 e. The van der Waals surface area contributed by atoms with Gasteiger partial charge in [0.15, 0.2) is 0 Å². The van der Waals surface area contributed by atoms with E-state index in [1.807, 2.05) is 0 Å². The van der Waals surface area contributed by atoms with Crippen LogP contribution in [0.1, 0.15) is 116 Å². The Labute approximate surface area is 221 Å². The van der Waals surface area contributed by atoms with Crippen LogP contribution in [0.25, 0.3) is 0 Å². The van der Waals surface area contributed by atoms with E-state index < -0.39 is 14.5 Å². The van der Waals surface area contributed by atoms with E-state index in [1.165, 1.54) is 109 Å². The summed E-state index contributed by atoms with van der Waals surface area (Å²) < 4.78 is 6.97. The molecule has 211 valence electrons. The van der Waals surface area contributed by atoms with E-state index >= 15 is 0 Å². The third-order valence-electron chi connectivity index (χ3n) is 7.54. The first-order valence-corrected chi connectivity index (χ1v) is 17.1. The van der Waals surface area contributed by atoms with Gasteiger partial charge in [0.05, 0.1) is 52.4 Å². The van der Waals surface area contributed by atoms with Crippen LogP contribution in [0.15, 0.2) is 0 Å². The van der Waals surface area contributed by atoms with Crippen LogP contribution in [0.4, 0.5) is 0 Å². The van der Waals surface area contributed by atoms with Crippen molar-refractivity contribution in [1.29, 1.82) is 0 Å². The molecular formula is C29H63NO4Si+. The van der Waals surface area contributed by atoms with Crippen LogP contribution in [0.2, 0.25) is 12.6 Å². The van der Waals surface area contributed by atoms with Gasteiger partial charge in [-0.25, -0.2) is 0 Å². The zero-order valence-electron chi connectivity index (χ0n) is 24.2. The van der Waals surface area contributed by atoms with Crippen molar-refractivity contribution in [3.8, 4) is 0 Å². The number of quaternary nitrogens is 1. The molecule has 0 saturated heterocycles. The van der Waals surface area contributed by atoms with Crippen molar-refractivity contribution in [3.63, 3.8) is 0 Å². The van der Waals surface area contributed by atoms with Crippen molar-refractivity contribution in [2.45, 2.75) is 129 Å². The SMILES string of the molecule is CCCCCCCCCCCCCCCCCC[N+](C)(C)CCC[Si](C)OCC(CO)(CO)CO. The second-order valence-corrected chi connectivity index (χ2v) is 13.9. The fourth-order valence-electron chi connectivity index (χ4n) is 4.59. The van der Waals surface area contributed by atoms with E-state index in [4.69, 9.17) is 4.43 Å². The topological polar surface area (TPSA) is 69.9 Å². The summed E-state index contributed by atoms with van der Waals surface area (Å²) in [5.41, 5.74) is -0.908. The third kappa shape index (κ3) is 20.7. The zero-order chi connectivity index (χ0) is 26.3. The van der Waals surface area contributed by atoms with Gasteiger partial charge in [-0.1, -0.05) is 96.8 Å². The molecule has 0 aliphatic heterocycles. The fraction of sp³-hybridized carbons (Fsp3) is 1.00. The Bertz CT molecular complexity index is 438. The highest BCUT2D eigenvalue weighted by Crippen LogP contribution is 2.17. The smallest absolute Gasteiger partial charge is 0.208 e. The van der Waals surface area contributed by atoms with Crippen LogP contribution in [0.3, 0.4) is 0 Å². The Morgan fingerprint density at radius 1 is 0.600 bits per heavy atom. The van der Waals surface area contributed by atoms with Crippen LogP contribution in [0, 0.1) is 5.41 Å². The lowest BCUT2D eigenvalue weighted by molar-refractivity contribution is -0.890. The Kier molecular flexibility index (Phi) is 23.2. The lowest BCUT2D eigenvalue weighted by Gasteiger charge is -2.31. The highest BCUT2D eigenvalue weighted by atomic mass is 28.3. The Balaban J connectivity index is 3.57. The molecule has 0 saturated carbocycles. The highest BCUT2D eigenvalue weighted by Gasteiger charge is 2.29. The Morgan fingerprint density at radius 3 is 1.37 bits per heavy atom. The van der Waals surface area contributed by atoms with Crippen molar-refractivity contribution >= 4 is 9.04 Å². The van der Waals surface area contributed by atoms with Gasteiger partial charge >= 0.3 is 0 Å². The molecule has 0 aromatic carbocycles. The highest BCUT2D eigenvalue weighted by molar-refractivity contribution is 6.50. The van der Waals surface area contributed by atoms with Gasteiger partial charge in [-0.05, 0) is 31.9 Å². The second kappa shape index (κ2) is 23.2. The van der Waals surface area contributed by atoms with Gasteiger partial charge in [-0.3, -0.25) is 0 Å². The number of aliphatic hydroxyl groups is 3. The van der Waals surface area contributed by atoms with Crippen molar-refractivity contribution in [2.75, 3.05) is 53.6 Å². The van der Waals surface area contributed by atoms with Crippen molar-refractivity contribution < 1.29 is 24.2 Å². The molecular weight excluding hydrogens is 454 g/mol. The number of aliphatic hydroxyl groups excluding tert-OH is 3. The summed E-state index contributed by atoms with van der Waals surface area (Å²) >= 11 is 0. The molecule has 0 bridgehead atoms. The molecule has 5 nitrogen and oxygen atoms in total. The van der Waals surface area contributed by atoms with Crippen LogP contribution in [-0.2, 0) is 4.43 Å². The van der Waals surface area contributed by atoms with Crippen molar-refractivity contribution in [1.82, 2.24) is 0 Å². The van der Waals surface area contributed by atoms with Crippen LogP contribution >= 0.6 is 0 Å². The zero-order valence-corrected chi connectivity index (χ0v) is 25.2. The molecule has 0 atom stereocenters. The van der Waals surface area contributed by atoms with Gasteiger partial charge < -0.3 is 24.2 Å². The maximum Gasteiger partial charge on any atom is 0.208 e. The average Bonchev–Trinajstić information content (AvgIpc) is 2.85. The van der Waals surface area contributed by atoms with Gasteiger partial charge in [0.2, 0.25) is 9.04 Å². The summed E-state index contributed by atoms with van der Waals surface area (Å²) in [6.45, 7) is 6.31. The maximum atomic E-state index is 9.42. The van der Waals surface area contributed by atoms with Crippen LogP contribution in [-0.4, -0.2) is 82.5 Å². The number of nitrogens with zero attached hydrogens (tertiary/aromatic N) is 1. The van der Waals surface area contributed by atoms with E-state index in [-0.39, 0.29) is 26.4 Å². The minimum Gasteiger partial charge on any atom is -0.416 e. The number of hydrogen-bond acceptors (Lipinski definition) is 4. The standard InChI is InChI=1S/C29H63NO4Si/c1-5-6-7-8-9-10-11-12-13-14-15-16-17-18-19-20-22-30(2,3)23-21-24-35(4)34-28-29(25-31,26-32)27-33/h31-33H,5-28H2,1-4H3/q+1. The van der Waals surface area contributed by atoms with Gasteiger partial charge in [0.25, 0.3) is 0 Å². The molecule has 0 fully saturated rings. The summed E-state index contributed by atoms with van der Waals surface area (Å²) in [4.78, 5) is 0. The number of rotatable bonds is 27. The summed E-state index contributed by atoms with van der Waals surface area (Å²) in [5, 5.41) is 28.3. The van der Waals surface area contributed by atoms with E-state index in [1.54, 1.807) is 0 Å². The van der Waals surface area contributed by atoms with E-state index in [2.05, 4.69) is 27.6 Å². The maximum absolute atomic E-state index is 9.42. The predicted octanol–water partition coefficient (Wildman–Crippen LogP) is 6.32. The number of unbranched alkanes of at least 4 members (excludes halogenated alkanes) is 15. The molecule has 1 radical (unpaired) electrons. The third-order valence-corrected chi connectivity index (χ3v) is 9.24. The van der Waals surface area contributed by atoms with E-state index in [0.29, 0.717) is 0 Å². The molecule has 0 heterocycles. The predicted molar refractivity (Wildman–Crippen MR) is 152 cm³/mol. The first-order chi connectivity index (χ1) is 16.8. The van der Waals surface area contributed by atoms with E-state index in [0.717, 1.165) is 23.5 Å². The second-order valence-electron chi connectivity index (χ2n) is 11.8.